The van der Waals surface area contributed by atoms with Gasteiger partial charge in [-0.25, -0.2) is 0 Å². The lowest BCUT2D eigenvalue weighted by molar-refractivity contribution is -0.121. The third-order valence-corrected chi connectivity index (χ3v) is 6.17. The molecule has 0 heterocycles. The van der Waals surface area contributed by atoms with Gasteiger partial charge in [-0.1, -0.05) is 24.3 Å². The van der Waals surface area contributed by atoms with Crippen molar-refractivity contribution in [3.63, 3.8) is 0 Å². The number of carbonyl (C=O) groups excluding carboxylic acids is 3. The van der Waals surface area contributed by atoms with Crippen LogP contribution in [0.4, 0.5) is 5.69 Å². The first-order valence-electron chi connectivity index (χ1n) is 10.1. The fourth-order valence-electron chi connectivity index (χ4n) is 4.50. The highest BCUT2D eigenvalue weighted by molar-refractivity contribution is 6.30. The molecular weight excluding hydrogens is 382 g/mol. The van der Waals surface area contributed by atoms with E-state index < -0.39 is 6.29 Å². The summed E-state index contributed by atoms with van der Waals surface area (Å²) in [7, 11) is 3.10. The second kappa shape index (κ2) is 8.13. The number of ketones is 3. The minimum Gasteiger partial charge on any atom is -0.379 e. The van der Waals surface area contributed by atoms with Crippen LogP contribution in [-0.2, 0) is 27.1 Å². The molecule has 4 rings (SSSR count). The third-order valence-electron chi connectivity index (χ3n) is 6.17. The summed E-state index contributed by atoms with van der Waals surface area (Å²) >= 11 is 0. The van der Waals surface area contributed by atoms with Crippen LogP contribution in [0.15, 0.2) is 30.3 Å². The van der Waals surface area contributed by atoms with Crippen molar-refractivity contribution in [1.82, 2.24) is 0 Å². The Morgan fingerprint density at radius 1 is 1.10 bits per heavy atom. The summed E-state index contributed by atoms with van der Waals surface area (Å²) in [5.74, 6) is -0.230. The Morgan fingerprint density at radius 2 is 1.77 bits per heavy atom. The summed E-state index contributed by atoms with van der Waals surface area (Å²) in [5.41, 5.74) is 4.26. The lowest BCUT2D eigenvalue weighted by Gasteiger charge is -2.30. The molecule has 2 aliphatic carbocycles. The first-order valence-corrected chi connectivity index (χ1v) is 10.1. The van der Waals surface area contributed by atoms with E-state index in [0.717, 1.165) is 17.5 Å². The molecule has 0 amide bonds. The highest BCUT2D eigenvalue weighted by Gasteiger charge is 2.35. The molecule has 2 aromatic carbocycles. The van der Waals surface area contributed by atoms with Crippen LogP contribution >= 0.6 is 0 Å². The maximum atomic E-state index is 13.4. The van der Waals surface area contributed by atoms with Gasteiger partial charge in [0.05, 0.1) is 12.1 Å². The van der Waals surface area contributed by atoms with Crippen LogP contribution in [0.5, 0.6) is 0 Å². The van der Waals surface area contributed by atoms with E-state index in [1.165, 1.54) is 0 Å². The zero-order valence-corrected chi connectivity index (χ0v) is 17.4. The number of benzene rings is 2. The van der Waals surface area contributed by atoms with Crippen molar-refractivity contribution in [3.8, 4) is 0 Å². The summed E-state index contributed by atoms with van der Waals surface area (Å²) in [6, 6.07) is 8.74. The van der Waals surface area contributed by atoms with Crippen LogP contribution in [0, 0.1) is 5.92 Å². The number of fused-ring (bicyclic) bond motifs is 3. The molecule has 1 N–H and O–H groups in total. The molecule has 2 aromatic rings. The van der Waals surface area contributed by atoms with Gasteiger partial charge in [-0.15, -0.1) is 0 Å². The van der Waals surface area contributed by atoms with Crippen molar-refractivity contribution in [2.24, 2.45) is 5.92 Å². The topological polar surface area (TPSA) is 81.7 Å². The highest BCUT2D eigenvalue weighted by atomic mass is 16.7. The van der Waals surface area contributed by atoms with Gasteiger partial charge in [0.1, 0.15) is 5.78 Å². The Labute approximate surface area is 175 Å². The van der Waals surface area contributed by atoms with Crippen molar-refractivity contribution >= 4 is 23.0 Å². The average Bonchev–Trinajstić information content (AvgIpc) is 2.77. The summed E-state index contributed by atoms with van der Waals surface area (Å²) in [6.45, 7) is 1.94. The largest absolute Gasteiger partial charge is 0.379 e. The lowest BCUT2D eigenvalue weighted by Crippen LogP contribution is -2.30. The second-order valence-electron chi connectivity index (χ2n) is 7.85. The van der Waals surface area contributed by atoms with Crippen molar-refractivity contribution in [1.29, 1.82) is 0 Å². The predicted octanol–water partition coefficient (Wildman–Crippen LogP) is 3.19. The Morgan fingerprint density at radius 3 is 2.40 bits per heavy atom. The molecule has 2 aliphatic rings. The smallest absolute Gasteiger partial charge is 0.196 e. The number of carbonyl (C=O) groups is 3. The van der Waals surface area contributed by atoms with Gasteiger partial charge >= 0.3 is 0 Å². The molecule has 1 unspecified atom stereocenters. The quantitative estimate of drug-likeness (QED) is 0.632. The zero-order valence-electron chi connectivity index (χ0n) is 17.4. The van der Waals surface area contributed by atoms with E-state index in [-0.39, 0.29) is 23.3 Å². The SMILES string of the molecule is COC(CNc1c2c(cc3c1C(=O)c1ccccc1C3=O)CC(C(C)=O)CC2)OC. The molecule has 0 fully saturated rings. The summed E-state index contributed by atoms with van der Waals surface area (Å²) in [5, 5.41) is 3.32. The number of methoxy groups -OCH3 is 2. The van der Waals surface area contributed by atoms with E-state index in [2.05, 4.69) is 5.32 Å². The predicted molar refractivity (Wildman–Crippen MR) is 112 cm³/mol. The molecule has 0 saturated carbocycles. The Kier molecular flexibility index (Phi) is 5.54. The minimum absolute atomic E-state index is 0.0595. The number of hydrogen-bond donors (Lipinski definition) is 1. The molecule has 6 nitrogen and oxygen atoms in total. The maximum Gasteiger partial charge on any atom is 0.196 e. The summed E-state index contributed by atoms with van der Waals surface area (Å²) < 4.78 is 10.6. The molecule has 30 heavy (non-hydrogen) atoms. The molecule has 1 atom stereocenters. The third kappa shape index (κ3) is 3.36. The fourth-order valence-corrected chi connectivity index (χ4v) is 4.50. The van der Waals surface area contributed by atoms with Gasteiger partial charge in [-0.05, 0) is 43.4 Å². The number of ether oxygens (including phenoxy) is 2. The van der Waals surface area contributed by atoms with Crippen LogP contribution in [0.3, 0.4) is 0 Å². The van der Waals surface area contributed by atoms with Crippen LogP contribution in [0.2, 0.25) is 0 Å². The Balaban J connectivity index is 1.87. The molecule has 156 valence electrons. The zero-order chi connectivity index (χ0) is 21.4. The van der Waals surface area contributed by atoms with Gasteiger partial charge in [0.2, 0.25) is 0 Å². The fraction of sp³-hybridized carbons (Fsp3) is 0.375. The number of hydrogen-bond acceptors (Lipinski definition) is 6. The van der Waals surface area contributed by atoms with E-state index in [9.17, 15) is 14.4 Å². The lowest BCUT2D eigenvalue weighted by atomic mass is 9.75. The molecular formula is C24H25NO5. The van der Waals surface area contributed by atoms with Crippen LogP contribution in [0.1, 0.15) is 56.3 Å². The minimum atomic E-state index is -0.494. The van der Waals surface area contributed by atoms with Crippen LogP contribution < -0.4 is 5.32 Å². The van der Waals surface area contributed by atoms with Gasteiger partial charge in [-0.3, -0.25) is 14.4 Å². The number of nitrogens with one attached hydrogen (secondary N) is 1. The molecule has 0 spiro atoms. The molecule has 0 aliphatic heterocycles. The van der Waals surface area contributed by atoms with Crippen molar-refractivity contribution in [2.45, 2.75) is 32.5 Å². The monoisotopic (exact) mass is 407 g/mol. The van der Waals surface area contributed by atoms with E-state index >= 15 is 0 Å². The van der Waals surface area contributed by atoms with Crippen LogP contribution in [0.25, 0.3) is 0 Å². The van der Waals surface area contributed by atoms with E-state index in [1.807, 2.05) is 6.07 Å². The first-order chi connectivity index (χ1) is 14.5. The number of anilines is 1. The first kappa shape index (κ1) is 20.4. The summed E-state index contributed by atoms with van der Waals surface area (Å²) in [4.78, 5) is 38.7. The second-order valence-corrected chi connectivity index (χ2v) is 7.85. The van der Waals surface area contributed by atoms with Gasteiger partial charge in [-0.2, -0.15) is 0 Å². The molecule has 0 saturated heterocycles. The van der Waals surface area contributed by atoms with Crippen molar-refractivity contribution in [2.75, 3.05) is 26.1 Å². The molecule has 0 aromatic heterocycles. The van der Waals surface area contributed by atoms with Gasteiger partial charge in [0, 0.05) is 42.5 Å². The average molecular weight is 407 g/mol. The standard InChI is InChI=1S/C24H25NO5/c1-13(26)14-8-9-16-15(10-14)11-19-21(22(16)25-12-20(29-2)30-3)24(28)18-7-5-4-6-17(18)23(19)27/h4-7,11,14,20,25H,8-10,12H2,1-3H3. The highest BCUT2D eigenvalue weighted by Crippen LogP contribution is 2.40. The maximum absolute atomic E-state index is 13.4. The molecule has 6 heteroatoms. The van der Waals surface area contributed by atoms with E-state index in [1.54, 1.807) is 45.4 Å². The normalized spacial score (nSPS) is 17.4. The Bertz CT molecular complexity index is 1040. The van der Waals surface area contributed by atoms with Crippen molar-refractivity contribution in [3.05, 3.63) is 63.7 Å². The van der Waals surface area contributed by atoms with E-state index in [0.29, 0.717) is 47.3 Å². The Hall–Kier alpha value is -2.83. The van der Waals surface area contributed by atoms with Crippen molar-refractivity contribution < 1.29 is 23.9 Å². The van der Waals surface area contributed by atoms with Crippen LogP contribution in [-0.4, -0.2) is 44.4 Å². The molecule has 0 bridgehead atoms. The summed E-state index contributed by atoms with van der Waals surface area (Å²) in [6.07, 6.45) is 1.48. The number of Topliss-reactive ketones (excluding diaryl/α,β-unsaturated/α-hetero) is 1. The molecule has 0 radical (unpaired) electrons. The van der Waals surface area contributed by atoms with Gasteiger partial charge in [0.25, 0.3) is 0 Å². The van der Waals surface area contributed by atoms with E-state index in [4.69, 9.17) is 9.47 Å². The van der Waals surface area contributed by atoms with Gasteiger partial charge in [0.15, 0.2) is 17.9 Å². The van der Waals surface area contributed by atoms with Gasteiger partial charge < -0.3 is 14.8 Å². The number of rotatable bonds is 6.